The zero-order chi connectivity index (χ0) is 15.5. The third kappa shape index (κ3) is 3.05. The van der Waals surface area contributed by atoms with Gasteiger partial charge in [-0.15, -0.1) is 10.2 Å². The van der Waals surface area contributed by atoms with Crippen LogP contribution in [0.25, 0.3) is 0 Å². The first-order valence-electron chi connectivity index (χ1n) is 7.94. The van der Waals surface area contributed by atoms with Gasteiger partial charge in [-0.3, -0.25) is 9.58 Å². The predicted molar refractivity (Wildman–Crippen MR) is 82.3 cm³/mol. The Morgan fingerprint density at radius 1 is 1.36 bits per heavy atom. The van der Waals surface area contributed by atoms with Crippen molar-refractivity contribution in [2.75, 3.05) is 19.7 Å². The highest BCUT2D eigenvalue weighted by atomic mass is 16.5. The number of hydrogen-bond acceptors (Lipinski definition) is 5. The molecule has 120 valence electrons. The van der Waals surface area contributed by atoms with E-state index >= 15 is 0 Å². The summed E-state index contributed by atoms with van der Waals surface area (Å²) in [5, 5.41) is 12.8. The van der Waals surface area contributed by atoms with Crippen LogP contribution in [0.1, 0.15) is 37.0 Å². The van der Waals surface area contributed by atoms with Gasteiger partial charge in [0.15, 0.2) is 5.82 Å². The molecule has 7 heteroatoms. The minimum Gasteiger partial charge on any atom is -0.368 e. The van der Waals surface area contributed by atoms with Crippen LogP contribution in [-0.2, 0) is 31.3 Å². The number of hydrogen-bond donors (Lipinski definition) is 0. The van der Waals surface area contributed by atoms with E-state index in [4.69, 9.17) is 4.74 Å². The number of ether oxygens (including phenoxy) is 1. The summed E-state index contributed by atoms with van der Waals surface area (Å²) in [6, 6.07) is 0. The van der Waals surface area contributed by atoms with Crippen molar-refractivity contribution in [3.05, 3.63) is 29.6 Å². The summed E-state index contributed by atoms with van der Waals surface area (Å²) in [5.74, 6) is 0.925. The second-order valence-electron chi connectivity index (χ2n) is 5.70. The molecule has 3 heterocycles. The molecule has 0 unspecified atom stereocenters. The number of rotatable bonds is 5. The van der Waals surface area contributed by atoms with Crippen LogP contribution in [0.5, 0.6) is 0 Å². The topological polar surface area (TPSA) is 61.0 Å². The van der Waals surface area contributed by atoms with E-state index in [1.807, 2.05) is 11.7 Å². The molecule has 0 bridgehead atoms. The van der Waals surface area contributed by atoms with E-state index in [1.165, 1.54) is 11.3 Å². The predicted octanol–water partition coefficient (Wildman–Crippen LogP) is 1.17. The van der Waals surface area contributed by atoms with Crippen molar-refractivity contribution in [2.45, 2.75) is 39.5 Å². The molecular weight excluding hydrogens is 280 g/mol. The van der Waals surface area contributed by atoms with Crippen LogP contribution in [0.15, 0.2) is 12.5 Å². The molecule has 1 aliphatic heterocycles. The molecular formula is C15H24N6O. The Bertz CT molecular complexity index is 619. The van der Waals surface area contributed by atoms with Crippen molar-refractivity contribution in [1.82, 2.24) is 29.4 Å². The Morgan fingerprint density at radius 3 is 3.00 bits per heavy atom. The van der Waals surface area contributed by atoms with Crippen LogP contribution in [0.4, 0.5) is 0 Å². The van der Waals surface area contributed by atoms with E-state index in [1.54, 1.807) is 6.33 Å². The summed E-state index contributed by atoms with van der Waals surface area (Å²) in [4.78, 5) is 2.42. The molecule has 2 aromatic rings. The standard InChI is InChI=1S/C15H24N6O/c1-4-13-12(8-19(3)18-13)9-20-6-7-22-14(10-20)15-17-16-11-21(15)5-2/h8,11,14H,4-7,9-10H2,1-3H3/t14-/m0/s1. The normalized spacial score (nSPS) is 19.7. The van der Waals surface area contributed by atoms with Crippen molar-refractivity contribution in [3.63, 3.8) is 0 Å². The molecule has 0 radical (unpaired) electrons. The molecule has 3 rings (SSSR count). The second kappa shape index (κ2) is 6.58. The maximum Gasteiger partial charge on any atom is 0.163 e. The van der Waals surface area contributed by atoms with Gasteiger partial charge in [0.1, 0.15) is 12.4 Å². The fourth-order valence-corrected chi connectivity index (χ4v) is 3.01. The van der Waals surface area contributed by atoms with E-state index in [9.17, 15) is 0 Å². The fourth-order valence-electron chi connectivity index (χ4n) is 3.01. The Morgan fingerprint density at radius 2 is 2.23 bits per heavy atom. The van der Waals surface area contributed by atoms with E-state index in [0.29, 0.717) is 0 Å². The van der Waals surface area contributed by atoms with Crippen LogP contribution in [0, 0.1) is 0 Å². The van der Waals surface area contributed by atoms with E-state index in [0.717, 1.165) is 45.0 Å². The van der Waals surface area contributed by atoms with E-state index < -0.39 is 0 Å². The van der Waals surface area contributed by atoms with Gasteiger partial charge in [0.25, 0.3) is 0 Å². The number of aromatic nitrogens is 5. The molecule has 0 aromatic carbocycles. The van der Waals surface area contributed by atoms with Crippen molar-refractivity contribution >= 4 is 0 Å². The lowest BCUT2D eigenvalue weighted by atomic mass is 10.1. The average molecular weight is 304 g/mol. The molecule has 7 nitrogen and oxygen atoms in total. The van der Waals surface area contributed by atoms with Gasteiger partial charge in [-0.05, 0) is 13.3 Å². The summed E-state index contributed by atoms with van der Waals surface area (Å²) in [6.07, 6.45) is 4.86. The van der Waals surface area contributed by atoms with Crippen LogP contribution in [0.2, 0.25) is 0 Å². The summed E-state index contributed by atoms with van der Waals surface area (Å²) in [7, 11) is 1.98. The Labute approximate surface area is 130 Å². The maximum absolute atomic E-state index is 5.91. The van der Waals surface area contributed by atoms with Crippen molar-refractivity contribution in [2.24, 2.45) is 7.05 Å². The Balaban J connectivity index is 1.70. The quantitative estimate of drug-likeness (QED) is 0.830. The molecule has 1 aliphatic rings. The molecule has 1 atom stereocenters. The minimum atomic E-state index is -0.00190. The van der Waals surface area contributed by atoms with Gasteiger partial charge >= 0.3 is 0 Å². The third-order valence-corrected chi connectivity index (χ3v) is 4.15. The second-order valence-corrected chi connectivity index (χ2v) is 5.70. The number of nitrogens with zero attached hydrogens (tertiary/aromatic N) is 6. The molecule has 1 fully saturated rings. The average Bonchev–Trinajstić information content (AvgIpc) is 3.13. The molecule has 1 saturated heterocycles. The fraction of sp³-hybridized carbons (Fsp3) is 0.667. The lowest BCUT2D eigenvalue weighted by Crippen LogP contribution is -2.38. The van der Waals surface area contributed by atoms with Crippen LogP contribution < -0.4 is 0 Å². The maximum atomic E-state index is 5.91. The van der Waals surface area contributed by atoms with Gasteiger partial charge < -0.3 is 9.30 Å². The molecule has 0 N–H and O–H groups in total. The smallest absolute Gasteiger partial charge is 0.163 e. The number of aryl methyl sites for hydroxylation is 3. The highest BCUT2D eigenvalue weighted by molar-refractivity contribution is 5.17. The van der Waals surface area contributed by atoms with Gasteiger partial charge in [-0.2, -0.15) is 5.10 Å². The summed E-state index contributed by atoms with van der Waals surface area (Å²) >= 11 is 0. The van der Waals surface area contributed by atoms with Crippen LogP contribution in [-0.4, -0.2) is 49.1 Å². The third-order valence-electron chi connectivity index (χ3n) is 4.15. The lowest BCUT2D eigenvalue weighted by molar-refractivity contribution is -0.0389. The van der Waals surface area contributed by atoms with Gasteiger partial charge in [0, 0.05) is 45.0 Å². The Hall–Kier alpha value is -1.73. The first-order chi connectivity index (χ1) is 10.7. The first-order valence-corrected chi connectivity index (χ1v) is 7.94. The summed E-state index contributed by atoms with van der Waals surface area (Å²) in [6.45, 7) is 8.53. The molecule has 2 aromatic heterocycles. The van der Waals surface area contributed by atoms with Crippen LogP contribution in [0.3, 0.4) is 0 Å². The molecule has 0 saturated carbocycles. The van der Waals surface area contributed by atoms with Gasteiger partial charge in [-0.25, -0.2) is 0 Å². The molecule has 22 heavy (non-hydrogen) atoms. The zero-order valence-electron chi connectivity index (χ0n) is 13.6. The van der Waals surface area contributed by atoms with E-state index in [2.05, 4.69) is 44.8 Å². The monoisotopic (exact) mass is 304 g/mol. The largest absolute Gasteiger partial charge is 0.368 e. The molecule has 0 spiro atoms. The summed E-state index contributed by atoms with van der Waals surface area (Å²) < 4.78 is 9.86. The number of morpholine rings is 1. The highest BCUT2D eigenvalue weighted by Gasteiger charge is 2.26. The van der Waals surface area contributed by atoms with Gasteiger partial charge in [0.2, 0.25) is 0 Å². The summed E-state index contributed by atoms with van der Waals surface area (Å²) in [5.41, 5.74) is 2.49. The minimum absolute atomic E-state index is 0.00190. The first kappa shape index (κ1) is 15.2. The van der Waals surface area contributed by atoms with Crippen molar-refractivity contribution < 1.29 is 4.74 Å². The van der Waals surface area contributed by atoms with Crippen LogP contribution >= 0.6 is 0 Å². The van der Waals surface area contributed by atoms with Gasteiger partial charge in [-0.1, -0.05) is 6.92 Å². The molecule has 0 amide bonds. The lowest BCUT2D eigenvalue weighted by Gasteiger charge is -2.32. The Kier molecular flexibility index (Phi) is 4.54. The SMILES string of the molecule is CCc1nn(C)cc1CN1CCO[C@H](c2nncn2CC)C1. The molecule has 0 aliphatic carbocycles. The highest BCUT2D eigenvalue weighted by Crippen LogP contribution is 2.22. The van der Waals surface area contributed by atoms with Gasteiger partial charge in [0.05, 0.1) is 12.3 Å². The van der Waals surface area contributed by atoms with E-state index in [-0.39, 0.29) is 6.10 Å². The van der Waals surface area contributed by atoms with Crippen molar-refractivity contribution in [1.29, 1.82) is 0 Å². The zero-order valence-corrected chi connectivity index (χ0v) is 13.6. The van der Waals surface area contributed by atoms with Crippen molar-refractivity contribution in [3.8, 4) is 0 Å².